The van der Waals surface area contributed by atoms with Crippen LogP contribution in [0.25, 0.3) is 0 Å². The molecule has 0 fully saturated rings. The number of nitrogens with zero attached hydrogens (tertiary/aromatic N) is 1. The van der Waals surface area contributed by atoms with Crippen LogP contribution in [0.4, 0.5) is 8.78 Å². The molecule has 0 unspecified atom stereocenters. The van der Waals surface area contributed by atoms with E-state index >= 15 is 0 Å². The number of hydrogen-bond donors (Lipinski definition) is 2. The second-order valence-electron chi connectivity index (χ2n) is 4.56. The Hall–Kier alpha value is -0.750. The third-order valence-electron chi connectivity index (χ3n) is 1.85. The summed E-state index contributed by atoms with van der Waals surface area (Å²) in [4.78, 5) is 12.5. The minimum absolute atomic E-state index is 0.00375. The van der Waals surface area contributed by atoms with Gasteiger partial charge in [-0.3, -0.25) is 4.79 Å². The maximum atomic E-state index is 12.1. The van der Waals surface area contributed by atoms with Crippen LogP contribution in [0.1, 0.15) is 20.8 Å². The molecule has 0 heterocycles. The average molecular weight is 238 g/mol. The SMILES string of the molecule is CC(C)(C)NCC(=O)N(CCO)CC(F)F. The molecular formula is C10H20F2N2O2. The summed E-state index contributed by atoms with van der Waals surface area (Å²) < 4.78 is 24.3. The molecule has 0 saturated heterocycles. The summed E-state index contributed by atoms with van der Waals surface area (Å²) in [5.74, 6) is -0.427. The Bertz CT molecular complexity index is 217. The molecule has 0 aromatic carbocycles. The zero-order valence-electron chi connectivity index (χ0n) is 9.96. The van der Waals surface area contributed by atoms with E-state index in [1.54, 1.807) is 0 Å². The molecular weight excluding hydrogens is 218 g/mol. The highest BCUT2D eigenvalue weighted by Crippen LogP contribution is 2.01. The van der Waals surface area contributed by atoms with Crippen LogP contribution in [0.15, 0.2) is 0 Å². The standard InChI is InChI=1S/C10H20F2N2O2/c1-10(2,3)13-6-9(16)14(4-5-15)7-8(11)12/h8,13,15H,4-7H2,1-3H3. The number of amides is 1. The molecule has 0 aromatic rings. The Labute approximate surface area is 94.6 Å². The number of aliphatic hydroxyl groups is 1. The normalized spacial score (nSPS) is 11.9. The number of aliphatic hydroxyl groups excluding tert-OH is 1. The number of carbonyl (C=O) groups is 1. The van der Waals surface area contributed by atoms with Crippen molar-refractivity contribution in [1.82, 2.24) is 10.2 Å². The van der Waals surface area contributed by atoms with E-state index in [2.05, 4.69) is 5.32 Å². The quantitative estimate of drug-likeness (QED) is 0.707. The van der Waals surface area contributed by atoms with Gasteiger partial charge in [0.1, 0.15) is 0 Å². The number of rotatable bonds is 6. The van der Waals surface area contributed by atoms with Gasteiger partial charge in [-0.2, -0.15) is 0 Å². The summed E-state index contributed by atoms with van der Waals surface area (Å²) in [6.07, 6.45) is -2.58. The molecule has 6 heteroatoms. The maximum Gasteiger partial charge on any atom is 0.255 e. The fourth-order valence-corrected chi connectivity index (χ4v) is 1.06. The molecule has 0 atom stereocenters. The molecule has 0 aromatic heterocycles. The summed E-state index contributed by atoms with van der Waals surface area (Å²) in [7, 11) is 0. The molecule has 2 N–H and O–H groups in total. The molecule has 0 saturated carbocycles. The van der Waals surface area contributed by atoms with Crippen LogP contribution in [-0.2, 0) is 4.79 Å². The van der Waals surface area contributed by atoms with Crippen molar-refractivity contribution < 1.29 is 18.7 Å². The lowest BCUT2D eigenvalue weighted by Gasteiger charge is -2.25. The van der Waals surface area contributed by atoms with Crippen LogP contribution in [-0.4, -0.2) is 54.1 Å². The first-order valence-corrected chi connectivity index (χ1v) is 5.18. The van der Waals surface area contributed by atoms with E-state index in [1.807, 2.05) is 20.8 Å². The smallest absolute Gasteiger partial charge is 0.255 e. The molecule has 1 amide bonds. The van der Waals surface area contributed by atoms with Gasteiger partial charge in [-0.05, 0) is 20.8 Å². The third kappa shape index (κ3) is 7.53. The Morgan fingerprint density at radius 1 is 1.44 bits per heavy atom. The number of halogens is 2. The predicted octanol–water partition coefficient (Wildman–Crippen LogP) is 0.460. The number of alkyl halides is 2. The van der Waals surface area contributed by atoms with Crippen molar-refractivity contribution in [2.75, 3.05) is 26.2 Å². The number of nitrogens with one attached hydrogen (secondary N) is 1. The molecule has 0 radical (unpaired) electrons. The van der Waals surface area contributed by atoms with E-state index in [0.29, 0.717) is 0 Å². The van der Waals surface area contributed by atoms with E-state index in [1.165, 1.54) is 0 Å². The number of carbonyl (C=O) groups excluding carboxylic acids is 1. The summed E-state index contributed by atoms with van der Waals surface area (Å²) in [6.45, 7) is 4.63. The van der Waals surface area contributed by atoms with Gasteiger partial charge in [0, 0.05) is 12.1 Å². The molecule has 0 bridgehead atoms. The first-order chi connectivity index (χ1) is 7.26. The molecule has 0 rings (SSSR count). The van der Waals surface area contributed by atoms with E-state index in [-0.39, 0.29) is 25.2 Å². The van der Waals surface area contributed by atoms with Crippen molar-refractivity contribution in [3.8, 4) is 0 Å². The van der Waals surface area contributed by atoms with Gasteiger partial charge in [0.05, 0.1) is 19.7 Å². The first kappa shape index (κ1) is 15.2. The van der Waals surface area contributed by atoms with Gasteiger partial charge >= 0.3 is 0 Å². The molecule has 96 valence electrons. The van der Waals surface area contributed by atoms with Gasteiger partial charge in [0.2, 0.25) is 5.91 Å². The third-order valence-corrected chi connectivity index (χ3v) is 1.85. The highest BCUT2D eigenvalue weighted by molar-refractivity contribution is 5.78. The fraction of sp³-hybridized carbons (Fsp3) is 0.900. The summed E-state index contributed by atoms with van der Waals surface area (Å²) in [5, 5.41) is 11.6. The molecule has 4 nitrogen and oxygen atoms in total. The van der Waals surface area contributed by atoms with Crippen molar-refractivity contribution >= 4 is 5.91 Å². The van der Waals surface area contributed by atoms with Gasteiger partial charge in [-0.15, -0.1) is 0 Å². The Morgan fingerprint density at radius 2 is 2.00 bits per heavy atom. The van der Waals surface area contributed by atoms with Crippen molar-refractivity contribution in [3.05, 3.63) is 0 Å². The molecule has 0 aliphatic heterocycles. The van der Waals surface area contributed by atoms with Crippen LogP contribution in [0.2, 0.25) is 0 Å². The van der Waals surface area contributed by atoms with Gasteiger partial charge in [0.25, 0.3) is 6.43 Å². The Kier molecular flexibility index (Phi) is 6.43. The van der Waals surface area contributed by atoms with Crippen LogP contribution in [0.5, 0.6) is 0 Å². The van der Waals surface area contributed by atoms with Crippen molar-refractivity contribution in [2.24, 2.45) is 0 Å². The summed E-state index contributed by atoms with van der Waals surface area (Å²) >= 11 is 0. The first-order valence-electron chi connectivity index (χ1n) is 5.18. The van der Waals surface area contributed by atoms with Gasteiger partial charge in [-0.1, -0.05) is 0 Å². The second kappa shape index (κ2) is 6.75. The zero-order valence-corrected chi connectivity index (χ0v) is 9.96. The minimum atomic E-state index is -2.58. The summed E-state index contributed by atoms with van der Waals surface area (Å²) in [6, 6.07) is 0. The largest absolute Gasteiger partial charge is 0.395 e. The van der Waals surface area contributed by atoms with Crippen LogP contribution < -0.4 is 5.32 Å². The van der Waals surface area contributed by atoms with E-state index in [4.69, 9.17) is 5.11 Å². The van der Waals surface area contributed by atoms with Crippen molar-refractivity contribution in [2.45, 2.75) is 32.7 Å². The zero-order chi connectivity index (χ0) is 12.8. The van der Waals surface area contributed by atoms with Crippen molar-refractivity contribution in [3.63, 3.8) is 0 Å². The van der Waals surface area contributed by atoms with Gasteiger partial charge < -0.3 is 15.3 Å². The fourth-order valence-electron chi connectivity index (χ4n) is 1.06. The van der Waals surface area contributed by atoms with E-state index in [0.717, 1.165) is 4.90 Å². The lowest BCUT2D eigenvalue weighted by atomic mass is 10.1. The van der Waals surface area contributed by atoms with E-state index < -0.39 is 18.9 Å². The van der Waals surface area contributed by atoms with Gasteiger partial charge in [0.15, 0.2) is 0 Å². The van der Waals surface area contributed by atoms with E-state index in [9.17, 15) is 13.6 Å². The minimum Gasteiger partial charge on any atom is -0.395 e. The van der Waals surface area contributed by atoms with Gasteiger partial charge in [-0.25, -0.2) is 8.78 Å². The molecule has 0 aliphatic carbocycles. The molecule has 0 spiro atoms. The van der Waals surface area contributed by atoms with Crippen LogP contribution >= 0.6 is 0 Å². The maximum absolute atomic E-state index is 12.1. The average Bonchev–Trinajstić information content (AvgIpc) is 2.11. The second-order valence-corrected chi connectivity index (χ2v) is 4.56. The topological polar surface area (TPSA) is 52.6 Å². The van der Waals surface area contributed by atoms with Crippen molar-refractivity contribution in [1.29, 1.82) is 0 Å². The lowest BCUT2D eigenvalue weighted by Crippen LogP contribution is -2.46. The lowest BCUT2D eigenvalue weighted by molar-refractivity contribution is -0.133. The van der Waals surface area contributed by atoms with Crippen LogP contribution in [0.3, 0.4) is 0 Å². The molecule has 0 aliphatic rings. The predicted molar refractivity (Wildman–Crippen MR) is 57.4 cm³/mol. The molecule has 16 heavy (non-hydrogen) atoms. The highest BCUT2D eigenvalue weighted by atomic mass is 19.3. The summed E-state index contributed by atoms with van der Waals surface area (Å²) in [5.41, 5.74) is -0.245. The Morgan fingerprint density at radius 3 is 2.38 bits per heavy atom. The van der Waals surface area contributed by atoms with Crippen LogP contribution in [0, 0.1) is 0 Å². The Balaban J connectivity index is 4.16. The number of hydrogen-bond acceptors (Lipinski definition) is 3. The monoisotopic (exact) mass is 238 g/mol. The highest BCUT2D eigenvalue weighted by Gasteiger charge is 2.19.